The molecule has 0 atom stereocenters. The van der Waals surface area contributed by atoms with Crippen LogP contribution >= 0.6 is 0 Å². The van der Waals surface area contributed by atoms with E-state index in [1.54, 1.807) is 13.2 Å². The SMILES string of the molecule is CC1=CC(C)(C)Nc2ccc(-c3ccc(C)cc3O)c(CO)c21.COc1cc(C)ccc1-c1ccc2c(c1CO)C(C)=CC(C)(C)N2. The third-order valence-corrected chi connectivity index (χ3v) is 8.89. The second kappa shape index (κ2) is 12.9. The molecule has 0 radical (unpaired) electrons. The van der Waals surface area contributed by atoms with Gasteiger partial charge < -0.3 is 30.7 Å². The maximum absolute atomic E-state index is 10.3. The van der Waals surface area contributed by atoms with Crippen molar-refractivity contribution in [2.75, 3.05) is 17.7 Å². The van der Waals surface area contributed by atoms with Crippen LogP contribution in [-0.2, 0) is 13.2 Å². The van der Waals surface area contributed by atoms with Gasteiger partial charge in [0, 0.05) is 33.6 Å². The van der Waals surface area contributed by atoms with Gasteiger partial charge in [0.2, 0.25) is 0 Å². The predicted octanol–water partition coefficient (Wildman–Crippen LogP) is 9.24. The van der Waals surface area contributed by atoms with Crippen molar-refractivity contribution in [2.24, 2.45) is 0 Å². The fourth-order valence-corrected chi connectivity index (χ4v) is 7.12. The third kappa shape index (κ3) is 6.80. The first kappa shape index (κ1) is 33.8. The summed E-state index contributed by atoms with van der Waals surface area (Å²) in [5.41, 5.74) is 13.9. The average molecular weight is 633 g/mol. The highest BCUT2D eigenvalue weighted by Gasteiger charge is 2.27. The van der Waals surface area contributed by atoms with Crippen LogP contribution in [0.4, 0.5) is 11.4 Å². The first-order valence-electron chi connectivity index (χ1n) is 16.1. The fourth-order valence-electron chi connectivity index (χ4n) is 7.12. The van der Waals surface area contributed by atoms with Gasteiger partial charge in [0.15, 0.2) is 0 Å². The lowest BCUT2D eigenvalue weighted by Crippen LogP contribution is -2.32. The van der Waals surface area contributed by atoms with Gasteiger partial charge in [-0.25, -0.2) is 0 Å². The average Bonchev–Trinajstić information content (AvgIpc) is 2.99. The summed E-state index contributed by atoms with van der Waals surface area (Å²) in [5.74, 6) is 1.07. The van der Waals surface area contributed by atoms with Crippen molar-refractivity contribution in [2.45, 2.75) is 79.7 Å². The van der Waals surface area contributed by atoms with Gasteiger partial charge in [-0.3, -0.25) is 0 Å². The van der Waals surface area contributed by atoms with Crippen molar-refractivity contribution in [3.63, 3.8) is 0 Å². The standard InChI is InChI=1S/C21H25NO2.C20H23NO2/c1-13-6-7-16(19(10-13)24-5)15-8-9-18-20(17(15)12-23)14(2)11-21(3,4)22-18;1-12-5-6-15(18(23)9-12)14-7-8-17-19(16(14)11-22)13(2)10-20(3,4)21-17/h6-11,22-23H,12H2,1-5H3;5-10,21-23H,11H2,1-4H3. The van der Waals surface area contributed by atoms with Crippen LogP contribution in [0.1, 0.15) is 74.9 Å². The number of fused-ring (bicyclic) bond motifs is 2. The molecule has 0 bridgehead atoms. The number of phenolic OH excluding ortho intramolecular Hbond substituents is 1. The molecule has 2 heterocycles. The molecule has 0 saturated carbocycles. The van der Waals surface area contributed by atoms with Crippen LogP contribution < -0.4 is 15.4 Å². The van der Waals surface area contributed by atoms with E-state index >= 15 is 0 Å². The molecule has 0 amide bonds. The predicted molar refractivity (Wildman–Crippen MR) is 196 cm³/mol. The number of hydrogen-bond acceptors (Lipinski definition) is 6. The molecular weight excluding hydrogens is 584 g/mol. The number of allylic oxidation sites excluding steroid dienone is 2. The molecular formula is C41H48N2O4. The van der Waals surface area contributed by atoms with E-state index in [9.17, 15) is 15.3 Å². The van der Waals surface area contributed by atoms with E-state index in [0.29, 0.717) is 0 Å². The third-order valence-electron chi connectivity index (χ3n) is 8.89. The van der Waals surface area contributed by atoms with E-state index in [-0.39, 0.29) is 30.0 Å². The number of ether oxygens (including phenoxy) is 1. The van der Waals surface area contributed by atoms with Crippen LogP contribution in [0.15, 0.2) is 72.8 Å². The lowest BCUT2D eigenvalue weighted by Gasteiger charge is -2.33. The normalized spacial score (nSPS) is 15.5. The van der Waals surface area contributed by atoms with Crippen LogP contribution in [0.25, 0.3) is 33.4 Å². The highest BCUT2D eigenvalue weighted by atomic mass is 16.5. The summed E-state index contributed by atoms with van der Waals surface area (Å²) < 4.78 is 5.57. The number of aliphatic hydroxyl groups is 2. The minimum Gasteiger partial charge on any atom is -0.507 e. The zero-order valence-electron chi connectivity index (χ0n) is 29.1. The van der Waals surface area contributed by atoms with Gasteiger partial charge in [0.1, 0.15) is 11.5 Å². The maximum atomic E-state index is 10.3. The molecule has 0 saturated heterocycles. The number of nitrogens with one attached hydrogen (secondary N) is 2. The van der Waals surface area contributed by atoms with E-state index in [4.69, 9.17) is 4.74 Å². The topological polar surface area (TPSA) is 94.0 Å². The highest BCUT2D eigenvalue weighted by molar-refractivity contribution is 5.89. The summed E-state index contributed by atoms with van der Waals surface area (Å²) in [6.45, 7) is 16.6. The summed E-state index contributed by atoms with van der Waals surface area (Å²) in [7, 11) is 1.69. The Balaban J connectivity index is 0.000000185. The monoisotopic (exact) mass is 632 g/mol. The Labute approximate surface area is 279 Å². The molecule has 6 heteroatoms. The van der Waals surface area contributed by atoms with E-state index in [0.717, 1.165) is 78.3 Å². The van der Waals surface area contributed by atoms with Gasteiger partial charge in [-0.1, -0.05) is 48.6 Å². The second-order valence-corrected chi connectivity index (χ2v) is 13.9. The number of anilines is 2. The minimum absolute atomic E-state index is 0.0111. The Morgan fingerprint density at radius 1 is 0.596 bits per heavy atom. The molecule has 2 aliphatic rings. The van der Waals surface area contributed by atoms with Crippen LogP contribution in [-0.4, -0.2) is 33.5 Å². The number of aromatic hydroxyl groups is 1. The van der Waals surface area contributed by atoms with E-state index in [1.165, 1.54) is 5.57 Å². The van der Waals surface area contributed by atoms with Crippen molar-refractivity contribution in [1.29, 1.82) is 0 Å². The van der Waals surface area contributed by atoms with Crippen molar-refractivity contribution in [3.8, 4) is 33.8 Å². The summed E-state index contributed by atoms with van der Waals surface area (Å²) in [6.07, 6.45) is 4.39. The van der Waals surface area contributed by atoms with Crippen LogP contribution in [0.5, 0.6) is 11.5 Å². The minimum atomic E-state index is -0.114. The lowest BCUT2D eigenvalue weighted by atomic mass is 9.85. The zero-order chi connectivity index (χ0) is 34.3. The first-order valence-corrected chi connectivity index (χ1v) is 16.1. The van der Waals surface area contributed by atoms with Crippen LogP contribution in [0.2, 0.25) is 0 Å². The number of hydrogen-bond donors (Lipinski definition) is 5. The largest absolute Gasteiger partial charge is 0.507 e. The smallest absolute Gasteiger partial charge is 0.126 e. The summed E-state index contributed by atoms with van der Waals surface area (Å²) in [6, 6.07) is 20.0. The van der Waals surface area contributed by atoms with Crippen molar-refractivity contribution in [3.05, 3.63) is 106 Å². The molecule has 0 aromatic heterocycles. The van der Waals surface area contributed by atoms with Gasteiger partial charge >= 0.3 is 0 Å². The second-order valence-electron chi connectivity index (χ2n) is 13.9. The maximum Gasteiger partial charge on any atom is 0.126 e. The van der Waals surface area contributed by atoms with Crippen molar-refractivity contribution < 1.29 is 20.1 Å². The number of aryl methyl sites for hydroxylation is 2. The molecule has 2 aliphatic heterocycles. The lowest BCUT2D eigenvalue weighted by molar-refractivity contribution is 0.281. The van der Waals surface area contributed by atoms with E-state index in [2.05, 4.69) is 88.6 Å². The molecule has 0 spiro atoms. The number of phenols is 1. The fraction of sp³-hybridized carbons (Fsp3) is 0.317. The summed E-state index contributed by atoms with van der Waals surface area (Å²) in [5, 5.41) is 37.4. The molecule has 6 rings (SSSR count). The molecule has 47 heavy (non-hydrogen) atoms. The zero-order valence-corrected chi connectivity index (χ0v) is 29.1. The Morgan fingerprint density at radius 2 is 1.02 bits per heavy atom. The number of methoxy groups -OCH3 is 1. The molecule has 0 aliphatic carbocycles. The summed E-state index contributed by atoms with van der Waals surface area (Å²) >= 11 is 0. The molecule has 4 aromatic carbocycles. The highest BCUT2D eigenvalue weighted by Crippen LogP contribution is 2.44. The first-order chi connectivity index (χ1) is 22.2. The van der Waals surface area contributed by atoms with Gasteiger partial charge in [0.05, 0.1) is 31.4 Å². The van der Waals surface area contributed by atoms with Crippen molar-refractivity contribution >= 4 is 22.5 Å². The van der Waals surface area contributed by atoms with Gasteiger partial charge in [0.25, 0.3) is 0 Å². The van der Waals surface area contributed by atoms with Gasteiger partial charge in [-0.05, 0) is 124 Å². The number of benzene rings is 4. The summed E-state index contributed by atoms with van der Waals surface area (Å²) in [4.78, 5) is 0. The Kier molecular flexibility index (Phi) is 9.31. The van der Waals surface area contributed by atoms with Gasteiger partial charge in [-0.2, -0.15) is 0 Å². The van der Waals surface area contributed by atoms with E-state index < -0.39 is 0 Å². The van der Waals surface area contributed by atoms with Crippen LogP contribution in [0.3, 0.4) is 0 Å². The number of aliphatic hydroxyl groups excluding tert-OH is 2. The Morgan fingerprint density at radius 3 is 1.47 bits per heavy atom. The quantitative estimate of drug-likeness (QED) is 0.151. The van der Waals surface area contributed by atoms with Gasteiger partial charge in [-0.15, -0.1) is 0 Å². The van der Waals surface area contributed by atoms with E-state index in [1.807, 2.05) is 44.2 Å². The molecule has 4 aromatic rings. The molecule has 0 unspecified atom stereocenters. The molecule has 246 valence electrons. The van der Waals surface area contributed by atoms with Crippen molar-refractivity contribution in [1.82, 2.24) is 0 Å². The molecule has 6 nitrogen and oxygen atoms in total. The van der Waals surface area contributed by atoms with Crippen LogP contribution in [0, 0.1) is 13.8 Å². The molecule has 0 fully saturated rings. The Hall–Kier alpha value is -4.52. The number of rotatable bonds is 5. The Bertz CT molecular complexity index is 1900. The molecule has 5 N–H and O–H groups in total.